The summed E-state index contributed by atoms with van der Waals surface area (Å²) in [5, 5.41) is 8.33. The summed E-state index contributed by atoms with van der Waals surface area (Å²) in [7, 11) is 1.92. The summed E-state index contributed by atoms with van der Waals surface area (Å²) in [6.07, 6.45) is 4.98. The average molecular weight is 296 g/mol. The molecule has 102 valence electrons. The van der Waals surface area contributed by atoms with Crippen molar-refractivity contribution in [3.05, 3.63) is 41.2 Å². The molecule has 0 atom stereocenters. The van der Waals surface area contributed by atoms with E-state index in [-0.39, 0.29) is 0 Å². The van der Waals surface area contributed by atoms with E-state index in [4.69, 9.17) is 11.6 Å². The van der Waals surface area contributed by atoms with Gasteiger partial charge in [0.2, 0.25) is 0 Å². The van der Waals surface area contributed by atoms with Crippen molar-refractivity contribution in [2.24, 2.45) is 7.05 Å². The molecule has 0 amide bonds. The van der Waals surface area contributed by atoms with Crippen LogP contribution >= 0.6 is 23.4 Å². The second kappa shape index (κ2) is 6.98. The number of nitrogens with zero attached hydrogens (tertiary/aromatic N) is 2. The number of nitrogens with one attached hydrogen (secondary N) is 1. The zero-order valence-corrected chi connectivity index (χ0v) is 12.8. The minimum Gasteiger partial charge on any atom is -0.313 e. The summed E-state index contributed by atoms with van der Waals surface area (Å²) < 4.78 is 1.80. The molecule has 0 saturated carbocycles. The Morgan fingerprint density at radius 2 is 2.21 bits per heavy atom. The average Bonchev–Trinajstić information content (AvgIpc) is 2.78. The van der Waals surface area contributed by atoms with Crippen molar-refractivity contribution in [3.8, 4) is 0 Å². The molecule has 3 nitrogen and oxygen atoms in total. The van der Waals surface area contributed by atoms with Crippen LogP contribution in [0.25, 0.3) is 0 Å². The molecule has 5 heteroatoms. The van der Waals surface area contributed by atoms with Crippen molar-refractivity contribution in [2.45, 2.75) is 29.7 Å². The minimum absolute atomic E-state index is 0.817. The van der Waals surface area contributed by atoms with Gasteiger partial charge in [-0.1, -0.05) is 36.4 Å². The van der Waals surface area contributed by atoms with Crippen LogP contribution in [-0.2, 0) is 13.6 Å². The zero-order valence-electron chi connectivity index (χ0n) is 11.2. The van der Waals surface area contributed by atoms with Gasteiger partial charge in [0.25, 0.3) is 0 Å². The second-order valence-corrected chi connectivity index (χ2v) is 5.94. The van der Waals surface area contributed by atoms with Crippen LogP contribution < -0.4 is 5.32 Å². The predicted molar refractivity (Wildman–Crippen MR) is 80.8 cm³/mol. The first-order valence-corrected chi connectivity index (χ1v) is 7.54. The molecular weight excluding hydrogens is 278 g/mol. The lowest BCUT2D eigenvalue weighted by molar-refractivity contribution is 0.675. The molecule has 0 saturated heterocycles. The second-order valence-electron chi connectivity index (χ2n) is 4.38. The van der Waals surface area contributed by atoms with E-state index < -0.39 is 0 Å². The smallest absolute Gasteiger partial charge is 0.0629 e. The van der Waals surface area contributed by atoms with Gasteiger partial charge in [0, 0.05) is 29.7 Å². The van der Waals surface area contributed by atoms with E-state index in [0.717, 1.165) is 39.9 Å². The summed E-state index contributed by atoms with van der Waals surface area (Å²) in [4.78, 5) is 2.26. The number of aromatic nitrogens is 2. The van der Waals surface area contributed by atoms with Gasteiger partial charge in [0.05, 0.1) is 11.1 Å². The number of halogens is 1. The van der Waals surface area contributed by atoms with Gasteiger partial charge in [0.15, 0.2) is 0 Å². The molecule has 0 fully saturated rings. The maximum Gasteiger partial charge on any atom is 0.0629 e. The summed E-state index contributed by atoms with van der Waals surface area (Å²) in [5.74, 6) is 0. The molecule has 0 unspecified atom stereocenters. The Balaban J connectivity index is 2.01. The third-order valence-corrected chi connectivity index (χ3v) is 3.97. The Hall–Kier alpha value is -0.970. The Bertz CT molecular complexity index is 539. The van der Waals surface area contributed by atoms with Crippen molar-refractivity contribution >= 4 is 23.4 Å². The van der Waals surface area contributed by atoms with Gasteiger partial charge in [-0.25, -0.2) is 0 Å². The first-order valence-electron chi connectivity index (χ1n) is 6.34. The highest BCUT2D eigenvalue weighted by molar-refractivity contribution is 7.99. The van der Waals surface area contributed by atoms with E-state index in [9.17, 15) is 0 Å². The lowest BCUT2D eigenvalue weighted by Gasteiger charge is -2.07. The van der Waals surface area contributed by atoms with Crippen molar-refractivity contribution < 1.29 is 0 Å². The Morgan fingerprint density at radius 3 is 2.84 bits per heavy atom. The van der Waals surface area contributed by atoms with Gasteiger partial charge in [-0.2, -0.15) is 5.10 Å². The summed E-state index contributed by atoms with van der Waals surface area (Å²) in [6.45, 7) is 4.00. The maximum absolute atomic E-state index is 6.31. The highest BCUT2D eigenvalue weighted by atomic mass is 35.5. The Morgan fingerprint density at radius 1 is 1.37 bits per heavy atom. The lowest BCUT2D eigenvalue weighted by Crippen LogP contribution is -2.13. The van der Waals surface area contributed by atoms with Crippen LogP contribution in [0.4, 0.5) is 0 Å². The molecule has 1 aromatic carbocycles. The molecular formula is C14H18ClN3S. The molecule has 0 bridgehead atoms. The van der Waals surface area contributed by atoms with Crippen LogP contribution in [0.1, 0.15) is 18.9 Å². The number of aryl methyl sites for hydroxylation is 1. The van der Waals surface area contributed by atoms with Crippen molar-refractivity contribution in [3.63, 3.8) is 0 Å². The first-order chi connectivity index (χ1) is 9.19. The third-order valence-electron chi connectivity index (χ3n) is 2.68. The van der Waals surface area contributed by atoms with Gasteiger partial charge in [-0.3, -0.25) is 4.68 Å². The molecule has 0 aliphatic heterocycles. The van der Waals surface area contributed by atoms with Crippen LogP contribution in [0.5, 0.6) is 0 Å². The molecule has 19 heavy (non-hydrogen) atoms. The van der Waals surface area contributed by atoms with Gasteiger partial charge >= 0.3 is 0 Å². The quantitative estimate of drug-likeness (QED) is 0.824. The standard InChI is InChI=1S/C14H18ClN3S/c1-3-6-16-8-11-4-5-12(7-14(11)15)19-13-9-17-18(2)10-13/h4-5,7,9-10,16H,3,6,8H2,1-2H3. The molecule has 0 aliphatic carbocycles. The molecule has 2 aromatic rings. The number of hydrogen-bond donors (Lipinski definition) is 1. The summed E-state index contributed by atoms with van der Waals surface area (Å²) in [5.41, 5.74) is 1.14. The molecule has 1 N–H and O–H groups in total. The van der Waals surface area contributed by atoms with Crippen molar-refractivity contribution in [1.29, 1.82) is 0 Å². The largest absolute Gasteiger partial charge is 0.313 e. The molecule has 0 spiro atoms. The van der Waals surface area contributed by atoms with E-state index in [2.05, 4.69) is 29.5 Å². The topological polar surface area (TPSA) is 29.9 Å². The van der Waals surface area contributed by atoms with E-state index in [1.807, 2.05) is 25.5 Å². The number of benzene rings is 1. The fourth-order valence-electron chi connectivity index (χ4n) is 1.72. The van der Waals surface area contributed by atoms with E-state index in [0.29, 0.717) is 0 Å². The molecule has 0 aliphatic rings. The number of rotatable bonds is 6. The highest BCUT2D eigenvalue weighted by Gasteiger charge is 2.04. The van der Waals surface area contributed by atoms with Crippen LogP contribution in [0.2, 0.25) is 5.02 Å². The van der Waals surface area contributed by atoms with Gasteiger partial charge in [0.1, 0.15) is 0 Å². The third kappa shape index (κ3) is 4.27. The first kappa shape index (κ1) is 14.4. The van der Waals surface area contributed by atoms with Crippen LogP contribution in [0.15, 0.2) is 40.4 Å². The van der Waals surface area contributed by atoms with Crippen LogP contribution in [-0.4, -0.2) is 16.3 Å². The fourth-order valence-corrected chi connectivity index (χ4v) is 2.92. The lowest BCUT2D eigenvalue weighted by atomic mass is 10.2. The van der Waals surface area contributed by atoms with E-state index in [1.54, 1.807) is 16.4 Å². The van der Waals surface area contributed by atoms with Crippen LogP contribution in [0, 0.1) is 0 Å². The monoisotopic (exact) mass is 295 g/mol. The van der Waals surface area contributed by atoms with Gasteiger partial charge in [-0.05, 0) is 30.7 Å². The molecule has 1 aromatic heterocycles. The van der Waals surface area contributed by atoms with Gasteiger partial charge in [-0.15, -0.1) is 0 Å². The Kier molecular flexibility index (Phi) is 5.31. The predicted octanol–water partition coefficient (Wildman–Crippen LogP) is 3.72. The Labute approximate surface area is 123 Å². The zero-order chi connectivity index (χ0) is 13.7. The van der Waals surface area contributed by atoms with Gasteiger partial charge < -0.3 is 5.32 Å². The summed E-state index contributed by atoms with van der Waals surface area (Å²) in [6, 6.07) is 6.21. The SMILES string of the molecule is CCCNCc1ccc(Sc2cnn(C)c2)cc1Cl. The van der Waals surface area contributed by atoms with E-state index in [1.165, 1.54) is 0 Å². The van der Waals surface area contributed by atoms with E-state index >= 15 is 0 Å². The molecule has 0 radical (unpaired) electrons. The highest BCUT2D eigenvalue weighted by Crippen LogP contribution is 2.30. The normalized spacial score (nSPS) is 10.9. The molecule has 1 heterocycles. The number of hydrogen-bond acceptors (Lipinski definition) is 3. The molecule has 2 rings (SSSR count). The van der Waals surface area contributed by atoms with Crippen molar-refractivity contribution in [2.75, 3.05) is 6.54 Å². The van der Waals surface area contributed by atoms with Crippen LogP contribution in [0.3, 0.4) is 0 Å². The van der Waals surface area contributed by atoms with Crippen molar-refractivity contribution in [1.82, 2.24) is 15.1 Å². The maximum atomic E-state index is 6.31. The summed E-state index contributed by atoms with van der Waals surface area (Å²) >= 11 is 7.98. The fraction of sp³-hybridized carbons (Fsp3) is 0.357. The minimum atomic E-state index is 0.817.